The molecule has 2 aromatic carbocycles. The van der Waals surface area contributed by atoms with Crippen molar-refractivity contribution in [2.75, 3.05) is 6.54 Å². The van der Waals surface area contributed by atoms with Crippen LogP contribution in [0.3, 0.4) is 0 Å². The lowest BCUT2D eigenvalue weighted by Gasteiger charge is -2.10. The number of rotatable bonds is 3. The maximum absolute atomic E-state index is 13.3. The van der Waals surface area contributed by atoms with Crippen molar-refractivity contribution < 1.29 is 4.39 Å². The van der Waals surface area contributed by atoms with E-state index in [0.717, 1.165) is 16.7 Å². The summed E-state index contributed by atoms with van der Waals surface area (Å²) in [5.41, 5.74) is 8.18. The molecule has 0 saturated heterocycles. The second-order valence-electron chi connectivity index (χ2n) is 4.00. The molecule has 0 fully saturated rings. The van der Waals surface area contributed by atoms with Crippen LogP contribution in [0.5, 0.6) is 0 Å². The summed E-state index contributed by atoms with van der Waals surface area (Å²) < 4.78 is 13.3. The van der Waals surface area contributed by atoms with Gasteiger partial charge < -0.3 is 5.73 Å². The lowest BCUT2D eigenvalue weighted by molar-refractivity contribution is 0.625. The summed E-state index contributed by atoms with van der Waals surface area (Å²) in [7, 11) is 0. The van der Waals surface area contributed by atoms with Crippen molar-refractivity contribution >= 4 is 23.2 Å². The first-order valence-corrected chi connectivity index (χ1v) is 6.30. The lowest BCUT2D eigenvalue weighted by Crippen LogP contribution is -2.04. The molecule has 4 heteroatoms. The molecule has 0 unspecified atom stereocenters. The molecule has 2 N–H and O–H groups in total. The standard InChI is InChI=1S/C14H12Cl2FN/c15-11-5-10(6-12(16)8-11)14-2-1-13(17)7-9(14)3-4-18/h1-2,5-8H,3-4,18H2. The van der Waals surface area contributed by atoms with E-state index in [-0.39, 0.29) is 5.82 Å². The molecular formula is C14H12Cl2FN. The SMILES string of the molecule is NCCc1cc(F)ccc1-c1cc(Cl)cc(Cl)c1. The minimum absolute atomic E-state index is 0.268. The molecule has 0 heterocycles. The molecule has 0 bridgehead atoms. The van der Waals surface area contributed by atoms with Gasteiger partial charge >= 0.3 is 0 Å². The van der Waals surface area contributed by atoms with Crippen molar-refractivity contribution in [1.82, 2.24) is 0 Å². The van der Waals surface area contributed by atoms with Gasteiger partial charge in [-0.15, -0.1) is 0 Å². The van der Waals surface area contributed by atoms with Crippen molar-refractivity contribution in [3.05, 3.63) is 57.8 Å². The van der Waals surface area contributed by atoms with Gasteiger partial charge in [0.05, 0.1) is 0 Å². The molecular weight excluding hydrogens is 272 g/mol. The highest BCUT2D eigenvalue weighted by Gasteiger charge is 2.08. The van der Waals surface area contributed by atoms with E-state index >= 15 is 0 Å². The first kappa shape index (κ1) is 13.3. The average molecular weight is 284 g/mol. The molecule has 0 atom stereocenters. The van der Waals surface area contributed by atoms with Crippen LogP contribution in [0.1, 0.15) is 5.56 Å². The quantitative estimate of drug-likeness (QED) is 0.893. The van der Waals surface area contributed by atoms with Crippen LogP contribution in [0.15, 0.2) is 36.4 Å². The molecule has 0 saturated carbocycles. The third-order valence-electron chi connectivity index (χ3n) is 2.65. The first-order valence-electron chi connectivity index (χ1n) is 5.55. The predicted octanol–water partition coefficient (Wildman–Crippen LogP) is 4.30. The molecule has 0 aromatic heterocycles. The maximum Gasteiger partial charge on any atom is 0.123 e. The number of nitrogens with two attached hydrogens (primary N) is 1. The van der Waals surface area contributed by atoms with Gasteiger partial charge in [0, 0.05) is 10.0 Å². The van der Waals surface area contributed by atoms with Gasteiger partial charge in [-0.3, -0.25) is 0 Å². The minimum atomic E-state index is -0.268. The van der Waals surface area contributed by atoms with Crippen LogP contribution in [0.25, 0.3) is 11.1 Å². The normalized spacial score (nSPS) is 10.7. The van der Waals surface area contributed by atoms with Crippen LogP contribution < -0.4 is 5.73 Å². The van der Waals surface area contributed by atoms with E-state index in [1.807, 2.05) is 0 Å². The predicted molar refractivity (Wildman–Crippen MR) is 74.6 cm³/mol. The molecule has 1 nitrogen and oxygen atoms in total. The highest BCUT2D eigenvalue weighted by atomic mass is 35.5. The summed E-state index contributed by atoms with van der Waals surface area (Å²) in [6, 6.07) is 9.92. The molecule has 0 amide bonds. The topological polar surface area (TPSA) is 26.0 Å². The summed E-state index contributed by atoms with van der Waals surface area (Å²) in [6.45, 7) is 0.463. The van der Waals surface area contributed by atoms with Crippen molar-refractivity contribution in [3.63, 3.8) is 0 Å². The van der Waals surface area contributed by atoms with Gasteiger partial charge in [-0.05, 0) is 60.0 Å². The van der Waals surface area contributed by atoms with Gasteiger partial charge in [0.1, 0.15) is 5.82 Å². The number of benzene rings is 2. The highest BCUT2D eigenvalue weighted by molar-refractivity contribution is 6.35. The van der Waals surface area contributed by atoms with Crippen LogP contribution in [-0.4, -0.2) is 6.54 Å². The summed E-state index contributed by atoms with van der Waals surface area (Å²) >= 11 is 12.0. The van der Waals surface area contributed by atoms with Crippen molar-refractivity contribution in [2.45, 2.75) is 6.42 Å². The summed E-state index contributed by atoms with van der Waals surface area (Å²) in [6.07, 6.45) is 0.608. The van der Waals surface area contributed by atoms with Crippen molar-refractivity contribution in [3.8, 4) is 11.1 Å². The molecule has 2 rings (SSSR count). The fraction of sp³-hybridized carbons (Fsp3) is 0.143. The van der Waals surface area contributed by atoms with Gasteiger partial charge in [-0.2, -0.15) is 0 Å². The summed E-state index contributed by atoms with van der Waals surface area (Å²) in [4.78, 5) is 0. The van der Waals surface area contributed by atoms with Crippen molar-refractivity contribution in [1.29, 1.82) is 0 Å². The summed E-state index contributed by atoms with van der Waals surface area (Å²) in [5, 5.41) is 1.11. The third-order valence-corrected chi connectivity index (χ3v) is 3.09. The fourth-order valence-corrected chi connectivity index (χ4v) is 2.44. The van der Waals surface area contributed by atoms with Gasteiger partial charge in [0.25, 0.3) is 0 Å². The number of hydrogen-bond donors (Lipinski definition) is 1. The zero-order valence-electron chi connectivity index (χ0n) is 9.59. The maximum atomic E-state index is 13.3. The van der Waals surface area contributed by atoms with Gasteiger partial charge in [0.15, 0.2) is 0 Å². The van der Waals surface area contributed by atoms with Crippen LogP contribution in [-0.2, 0) is 6.42 Å². The smallest absolute Gasteiger partial charge is 0.123 e. The Morgan fingerprint density at radius 1 is 1.00 bits per heavy atom. The van der Waals surface area contributed by atoms with E-state index < -0.39 is 0 Å². The van der Waals surface area contributed by atoms with E-state index in [0.29, 0.717) is 23.0 Å². The van der Waals surface area contributed by atoms with E-state index in [1.54, 1.807) is 24.3 Å². The molecule has 18 heavy (non-hydrogen) atoms. The molecule has 0 aliphatic carbocycles. The Balaban J connectivity index is 2.55. The fourth-order valence-electron chi connectivity index (χ4n) is 1.92. The number of halogens is 3. The Labute approximate surface area is 115 Å². The van der Waals surface area contributed by atoms with E-state index in [9.17, 15) is 4.39 Å². The lowest BCUT2D eigenvalue weighted by atomic mass is 9.97. The Bertz CT molecular complexity index is 549. The molecule has 0 aliphatic heterocycles. The largest absolute Gasteiger partial charge is 0.330 e. The Kier molecular flexibility index (Phi) is 4.23. The molecule has 0 aliphatic rings. The molecule has 94 valence electrons. The molecule has 0 spiro atoms. The Morgan fingerprint density at radius 3 is 2.28 bits per heavy atom. The highest BCUT2D eigenvalue weighted by Crippen LogP contribution is 2.30. The zero-order chi connectivity index (χ0) is 13.1. The van der Waals surface area contributed by atoms with Gasteiger partial charge in [0.2, 0.25) is 0 Å². The van der Waals surface area contributed by atoms with Crippen LogP contribution in [0, 0.1) is 5.82 Å². The van der Waals surface area contributed by atoms with Gasteiger partial charge in [-0.25, -0.2) is 4.39 Å². The third kappa shape index (κ3) is 3.02. The molecule has 2 aromatic rings. The van der Waals surface area contributed by atoms with Crippen LogP contribution >= 0.6 is 23.2 Å². The monoisotopic (exact) mass is 283 g/mol. The van der Waals surface area contributed by atoms with E-state index in [2.05, 4.69) is 0 Å². The zero-order valence-corrected chi connectivity index (χ0v) is 11.1. The van der Waals surface area contributed by atoms with E-state index in [4.69, 9.17) is 28.9 Å². The van der Waals surface area contributed by atoms with Crippen LogP contribution in [0.2, 0.25) is 10.0 Å². The van der Waals surface area contributed by atoms with E-state index in [1.165, 1.54) is 12.1 Å². The molecule has 0 radical (unpaired) electrons. The Hall–Kier alpha value is -1.09. The second kappa shape index (κ2) is 5.70. The van der Waals surface area contributed by atoms with Gasteiger partial charge in [-0.1, -0.05) is 29.3 Å². The van der Waals surface area contributed by atoms with Crippen molar-refractivity contribution in [2.24, 2.45) is 5.73 Å². The van der Waals surface area contributed by atoms with Crippen LogP contribution in [0.4, 0.5) is 4.39 Å². The average Bonchev–Trinajstić information content (AvgIpc) is 2.28. The Morgan fingerprint density at radius 2 is 1.67 bits per heavy atom. The minimum Gasteiger partial charge on any atom is -0.330 e. The summed E-state index contributed by atoms with van der Waals surface area (Å²) in [5.74, 6) is -0.268. The number of hydrogen-bond acceptors (Lipinski definition) is 1. The second-order valence-corrected chi connectivity index (χ2v) is 4.87. The first-order chi connectivity index (χ1) is 8.60.